The fourth-order valence-electron chi connectivity index (χ4n) is 5.66. The van der Waals surface area contributed by atoms with E-state index in [0.29, 0.717) is 12.6 Å². The molecule has 4 nitrogen and oxygen atoms in total. The Morgan fingerprint density at radius 1 is 1.03 bits per heavy atom. The van der Waals surface area contributed by atoms with Gasteiger partial charge in [-0.25, -0.2) is 0 Å². The van der Waals surface area contributed by atoms with Crippen molar-refractivity contribution < 1.29 is 4.79 Å². The third-order valence-electron chi connectivity index (χ3n) is 7.41. The Bertz CT molecular complexity index is 824. The summed E-state index contributed by atoms with van der Waals surface area (Å²) in [5.41, 5.74) is 2.54. The largest absolute Gasteiger partial charge is 0.351 e. The lowest BCUT2D eigenvalue weighted by molar-refractivity contribution is -0.119. The molecule has 2 fully saturated rings. The minimum atomic E-state index is 0.0358. The molecule has 1 N–H and O–H groups in total. The normalized spacial score (nSPS) is 24.3. The van der Waals surface area contributed by atoms with Gasteiger partial charge < -0.3 is 14.8 Å². The maximum Gasteiger partial charge on any atom is 0.217 e. The molecule has 29 heavy (non-hydrogen) atoms. The second-order valence-corrected chi connectivity index (χ2v) is 9.55. The molecule has 0 bridgehead atoms. The molecule has 1 saturated carbocycles. The molecule has 0 atom stereocenters. The molecule has 1 amide bonds. The predicted molar refractivity (Wildman–Crippen MR) is 120 cm³/mol. The standard InChI is InChI=1S/C25H37N3O/c1-18(2)20-8-10-22(11-9-20)27-14-12-23(13-15-27)28-24(17-26-19(3)29)16-21-6-4-5-7-25(21)28/h4-7,16,18,20,22-23H,8-15,17H2,1-3H3,(H,26,29)/t20-,22+. The summed E-state index contributed by atoms with van der Waals surface area (Å²) in [6, 6.07) is 12.2. The van der Waals surface area contributed by atoms with Gasteiger partial charge in [0, 0.05) is 43.3 Å². The summed E-state index contributed by atoms with van der Waals surface area (Å²) in [6.45, 7) is 9.39. The summed E-state index contributed by atoms with van der Waals surface area (Å²) in [6.07, 6.45) is 7.99. The summed E-state index contributed by atoms with van der Waals surface area (Å²) in [5, 5.41) is 4.29. The first kappa shape index (κ1) is 20.5. The number of piperidine rings is 1. The smallest absolute Gasteiger partial charge is 0.217 e. The van der Waals surface area contributed by atoms with E-state index in [1.807, 2.05) is 0 Å². The Labute approximate surface area is 175 Å². The average Bonchev–Trinajstić information content (AvgIpc) is 3.11. The molecule has 2 heterocycles. The second kappa shape index (κ2) is 8.91. The number of hydrogen-bond donors (Lipinski definition) is 1. The van der Waals surface area contributed by atoms with Crippen molar-refractivity contribution in [3.05, 3.63) is 36.0 Å². The van der Waals surface area contributed by atoms with E-state index in [9.17, 15) is 4.79 Å². The van der Waals surface area contributed by atoms with Crippen molar-refractivity contribution in [1.82, 2.24) is 14.8 Å². The zero-order chi connectivity index (χ0) is 20.4. The van der Waals surface area contributed by atoms with Crippen LogP contribution >= 0.6 is 0 Å². The Hall–Kier alpha value is -1.81. The molecule has 1 aliphatic carbocycles. The highest BCUT2D eigenvalue weighted by Gasteiger charge is 2.31. The first-order chi connectivity index (χ1) is 14.0. The van der Waals surface area contributed by atoms with Gasteiger partial charge in [0.25, 0.3) is 0 Å². The first-order valence-electron chi connectivity index (χ1n) is 11.6. The van der Waals surface area contributed by atoms with Crippen LogP contribution in [0.25, 0.3) is 10.9 Å². The molecule has 4 heteroatoms. The van der Waals surface area contributed by atoms with Gasteiger partial charge in [-0.1, -0.05) is 32.0 Å². The monoisotopic (exact) mass is 395 g/mol. The summed E-state index contributed by atoms with van der Waals surface area (Å²) >= 11 is 0. The Morgan fingerprint density at radius 2 is 1.72 bits per heavy atom. The van der Waals surface area contributed by atoms with Gasteiger partial charge in [0.2, 0.25) is 5.91 Å². The quantitative estimate of drug-likeness (QED) is 0.762. The summed E-state index contributed by atoms with van der Waals surface area (Å²) in [7, 11) is 0. The van der Waals surface area contributed by atoms with Crippen molar-refractivity contribution in [1.29, 1.82) is 0 Å². The molecule has 158 valence electrons. The lowest BCUT2D eigenvalue weighted by Gasteiger charge is -2.42. The molecule has 1 aliphatic heterocycles. The Balaban J connectivity index is 1.44. The van der Waals surface area contributed by atoms with Crippen LogP contribution in [-0.4, -0.2) is 34.5 Å². The van der Waals surface area contributed by atoms with E-state index in [4.69, 9.17) is 0 Å². The lowest BCUT2D eigenvalue weighted by Crippen LogP contribution is -2.44. The first-order valence-corrected chi connectivity index (χ1v) is 11.6. The van der Waals surface area contributed by atoms with E-state index in [2.05, 4.69) is 59.0 Å². The molecular weight excluding hydrogens is 358 g/mol. The topological polar surface area (TPSA) is 37.3 Å². The zero-order valence-electron chi connectivity index (χ0n) is 18.4. The molecule has 0 spiro atoms. The van der Waals surface area contributed by atoms with E-state index < -0.39 is 0 Å². The molecule has 1 aromatic carbocycles. The minimum Gasteiger partial charge on any atom is -0.351 e. The van der Waals surface area contributed by atoms with Crippen molar-refractivity contribution in [2.24, 2.45) is 11.8 Å². The van der Waals surface area contributed by atoms with Gasteiger partial charge in [0.1, 0.15) is 0 Å². The van der Waals surface area contributed by atoms with Crippen molar-refractivity contribution >= 4 is 16.8 Å². The van der Waals surface area contributed by atoms with Gasteiger partial charge >= 0.3 is 0 Å². The molecule has 0 radical (unpaired) electrons. The van der Waals surface area contributed by atoms with Gasteiger partial charge in [-0.2, -0.15) is 0 Å². The number of para-hydroxylation sites is 1. The summed E-state index contributed by atoms with van der Waals surface area (Å²) in [4.78, 5) is 14.2. The number of hydrogen-bond acceptors (Lipinski definition) is 2. The van der Waals surface area contributed by atoms with Gasteiger partial charge in [-0.05, 0) is 67.9 Å². The molecule has 1 saturated heterocycles. The highest BCUT2D eigenvalue weighted by molar-refractivity contribution is 5.81. The fraction of sp³-hybridized carbons (Fsp3) is 0.640. The number of carbonyl (C=O) groups is 1. The number of benzene rings is 1. The van der Waals surface area contributed by atoms with Crippen LogP contribution in [0.3, 0.4) is 0 Å². The van der Waals surface area contributed by atoms with Crippen molar-refractivity contribution in [3.63, 3.8) is 0 Å². The highest BCUT2D eigenvalue weighted by Crippen LogP contribution is 2.36. The van der Waals surface area contributed by atoms with E-state index in [-0.39, 0.29) is 5.91 Å². The Morgan fingerprint density at radius 3 is 2.38 bits per heavy atom. The van der Waals surface area contributed by atoms with Gasteiger partial charge in [0.05, 0.1) is 6.54 Å². The molecule has 4 rings (SSSR count). The van der Waals surface area contributed by atoms with Crippen LogP contribution in [0.15, 0.2) is 30.3 Å². The average molecular weight is 396 g/mol. The van der Waals surface area contributed by atoms with Crippen molar-refractivity contribution in [2.75, 3.05) is 13.1 Å². The Kier molecular flexibility index (Phi) is 6.29. The van der Waals surface area contributed by atoms with Gasteiger partial charge in [-0.15, -0.1) is 0 Å². The number of carbonyl (C=O) groups excluding carboxylic acids is 1. The molecule has 1 aromatic heterocycles. The summed E-state index contributed by atoms with van der Waals surface area (Å²) in [5.74, 6) is 1.81. The molecular formula is C25H37N3O. The van der Waals surface area contributed by atoms with E-state index in [0.717, 1.165) is 17.9 Å². The van der Waals surface area contributed by atoms with Crippen molar-refractivity contribution in [2.45, 2.75) is 77.9 Å². The van der Waals surface area contributed by atoms with Gasteiger partial charge in [0.15, 0.2) is 0 Å². The third-order valence-corrected chi connectivity index (χ3v) is 7.41. The number of nitrogens with one attached hydrogen (secondary N) is 1. The highest BCUT2D eigenvalue weighted by atomic mass is 16.1. The van der Waals surface area contributed by atoms with Gasteiger partial charge in [-0.3, -0.25) is 4.79 Å². The van der Waals surface area contributed by atoms with E-state index >= 15 is 0 Å². The van der Waals surface area contributed by atoms with Crippen LogP contribution in [0.2, 0.25) is 0 Å². The lowest BCUT2D eigenvalue weighted by atomic mass is 9.79. The number of aromatic nitrogens is 1. The van der Waals surface area contributed by atoms with Crippen molar-refractivity contribution in [3.8, 4) is 0 Å². The van der Waals surface area contributed by atoms with E-state index in [1.165, 1.54) is 68.2 Å². The van der Waals surface area contributed by atoms with Crippen LogP contribution in [0.4, 0.5) is 0 Å². The third kappa shape index (κ3) is 4.53. The minimum absolute atomic E-state index is 0.0358. The fourth-order valence-corrected chi connectivity index (χ4v) is 5.66. The number of fused-ring (bicyclic) bond motifs is 1. The van der Waals surface area contributed by atoms with E-state index in [1.54, 1.807) is 6.92 Å². The number of rotatable bonds is 5. The second-order valence-electron chi connectivity index (χ2n) is 9.55. The SMILES string of the molecule is CC(=O)NCc1cc2ccccc2n1C1CCN([C@H]2CC[C@@H](C(C)C)CC2)CC1. The van der Waals surface area contributed by atoms with Crippen LogP contribution in [-0.2, 0) is 11.3 Å². The maximum atomic E-state index is 11.5. The predicted octanol–water partition coefficient (Wildman–Crippen LogP) is 5.13. The zero-order valence-corrected chi connectivity index (χ0v) is 18.4. The maximum absolute atomic E-state index is 11.5. The van der Waals surface area contributed by atoms with Crippen LogP contribution < -0.4 is 5.32 Å². The van der Waals surface area contributed by atoms with Crippen LogP contribution in [0, 0.1) is 11.8 Å². The number of nitrogens with zero attached hydrogens (tertiary/aromatic N) is 2. The number of amides is 1. The van der Waals surface area contributed by atoms with Crippen LogP contribution in [0.5, 0.6) is 0 Å². The number of likely N-dealkylation sites (tertiary alicyclic amines) is 1. The van der Waals surface area contributed by atoms with Crippen LogP contribution in [0.1, 0.15) is 71.0 Å². The molecule has 2 aromatic rings. The molecule has 0 unspecified atom stereocenters. The molecule has 2 aliphatic rings. The summed E-state index contributed by atoms with van der Waals surface area (Å²) < 4.78 is 2.51.